The molecule has 0 saturated heterocycles. The number of fused-ring (bicyclic) bond motifs is 2. The molecule has 126 valence electrons. The van der Waals surface area contributed by atoms with Gasteiger partial charge in [0.25, 0.3) is 5.91 Å². The molecule has 1 aromatic carbocycles. The number of aromatic nitrogens is 3. The second-order valence-electron chi connectivity index (χ2n) is 6.31. The normalized spacial score (nSPS) is 12.6. The average molecular weight is 334 g/mol. The van der Waals surface area contributed by atoms with Crippen LogP contribution in [0.4, 0.5) is 0 Å². The zero-order valence-corrected chi connectivity index (χ0v) is 14.0. The number of ether oxygens (including phenoxy) is 1. The number of carbonyl (C=O) groups excluding carboxylic acids is 1. The van der Waals surface area contributed by atoms with E-state index >= 15 is 0 Å². The first-order chi connectivity index (χ1) is 12.1. The summed E-state index contributed by atoms with van der Waals surface area (Å²) in [5.74, 6) is 0.866. The summed E-state index contributed by atoms with van der Waals surface area (Å²) in [5.41, 5.74) is 3.95. The number of nitrogens with one attached hydrogen (secondary N) is 2. The van der Waals surface area contributed by atoms with Gasteiger partial charge in [-0.25, -0.2) is 9.97 Å². The van der Waals surface area contributed by atoms with Crippen LogP contribution in [0.5, 0.6) is 11.6 Å². The van der Waals surface area contributed by atoms with Gasteiger partial charge in [0.2, 0.25) is 5.88 Å². The number of H-pyrrole nitrogens is 1. The molecular formula is C19H18N4O2. The Morgan fingerprint density at radius 1 is 1.36 bits per heavy atom. The van der Waals surface area contributed by atoms with Crippen LogP contribution in [0.2, 0.25) is 0 Å². The predicted molar refractivity (Wildman–Crippen MR) is 95.7 cm³/mol. The second-order valence-corrected chi connectivity index (χ2v) is 6.31. The number of hydrogen-bond donors (Lipinski definition) is 2. The lowest BCUT2D eigenvalue weighted by Crippen LogP contribution is -2.29. The second kappa shape index (κ2) is 6.05. The van der Waals surface area contributed by atoms with Crippen molar-refractivity contribution in [3.05, 3.63) is 53.4 Å². The Balaban J connectivity index is 1.64. The van der Waals surface area contributed by atoms with Gasteiger partial charge in [0.15, 0.2) is 5.65 Å². The molecular weight excluding hydrogens is 316 g/mol. The summed E-state index contributed by atoms with van der Waals surface area (Å²) in [6.45, 7) is 3.82. The van der Waals surface area contributed by atoms with Gasteiger partial charge in [0.05, 0.1) is 11.8 Å². The van der Waals surface area contributed by atoms with Crippen molar-refractivity contribution in [1.29, 1.82) is 0 Å². The van der Waals surface area contributed by atoms with Gasteiger partial charge in [0, 0.05) is 12.2 Å². The first-order valence-electron chi connectivity index (χ1n) is 8.22. The van der Waals surface area contributed by atoms with Gasteiger partial charge in [-0.3, -0.25) is 4.79 Å². The molecule has 2 N–H and O–H groups in total. The Kier molecular flexibility index (Phi) is 3.72. The maximum Gasteiger partial charge on any atom is 0.255 e. The molecule has 0 spiro atoms. The summed E-state index contributed by atoms with van der Waals surface area (Å²) in [6.07, 6.45) is 8.33. The van der Waals surface area contributed by atoms with Gasteiger partial charge >= 0.3 is 0 Å². The third-order valence-electron chi connectivity index (χ3n) is 4.00. The molecule has 6 heteroatoms. The largest absolute Gasteiger partial charge is 0.437 e. The number of amides is 1. The number of aromatic amines is 1. The lowest BCUT2D eigenvalue weighted by molar-refractivity contribution is 0.0944. The fraction of sp³-hybridized carbons (Fsp3) is 0.211. The highest BCUT2D eigenvalue weighted by atomic mass is 16.5. The van der Waals surface area contributed by atoms with Crippen molar-refractivity contribution in [3.8, 4) is 11.6 Å². The van der Waals surface area contributed by atoms with E-state index < -0.39 is 0 Å². The van der Waals surface area contributed by atoms with Crippen molar-refractivity contribution < 1.29 is 9.53 Å². The van der Waals surface area contributed by atoms with Crippen LogP contribution in [0, 0.1) is 0 Å². The van der Waals surface area contributed by atoms with Crippen LogP contribution in [0.1, 0.15) is 35.3 Å². The highest BCUT2D eigenvalue weighted by Crippen LogP contribution is 2.27. The van der Waals surface area contributed by atoms with Gasteiger partial charge in [-0.15, -0.1) is 0 Å². The number of rotatable bonds is 4. The molecule has 2 aromatic heterocycles. The minimum Gasteiger partial charge on any atom is -0.437 e. The molecule has 1 aliphatic carbocycles. The summed E-state index contributed by atoms with van der Waals surface area (Å²) in [6, 6.07) is 5.99. The van der Waals surface area contributed by atoms with Crippen molar-refractivity contribution in [2.45, 2.75) is 26.3 Å². The number of benzene rings is 1. The molecule has 2 heterocycles. The van der Waals surface area contributed by atoms with E-state index in [1.165, 1.54) is 5.56 Å². The molecule has 0 unspecified atom stereocenters. The fourth-order valence-corrected chi connectivity index (χ4v) is 2.85. The Morgan fingerprint density at radius 2 is 2.24 bits per heavy atom. The zero-order valence-electron chi connectivity index (χ0n) is 14.0. The zero-order chi connectivity index (χ0) is 17.4. The van der Waals surface area contributed by atoms with Crippen LogP contribution in [0.25, 0.3) is 17.2 Å². The summed E-state index contributed by atoms with van der Waals surface area (Å²) in [7, 11) is 0. The average Bonchev–Trinajstić information content (AvgIpc) is 3.19. The van der Waals surface area contributed by atoms with Crippen LogP contribution in [0.3, 0.4) is 0 Å². The Bertz CT molecular complexity index is 988. The first kappa shape index (κ1) is 15.4. The quantitative estimate of drug-likeness (QED) is 0.766. The monoisotopic (exact) mass is 334 g/mol. The maximum atomic E-state index is 12.3. The van der Waals surface area contributed by atoms with Crippen molar-refractivity contribution in [1.82, 2.24) is 20.3 Å². The minimum atomic E-state index is -0.185. The Hall–Kier alpha value is -3.15. The minimum absolute atomic E-state index is 0.0457. The van der Waals surface area contributed by atoms with E-state index in [9.17, 15) is 4.79 Å². The lowest BCUT2D eigenvalue weighted by atomic mass is 10.1. The fourth-order valence-electron chi connectivity index (χ4n) is 2.85. The molecule has 25 heavy (non-hydrogen) atoms. The molecule has 0 bridgehead atoms. The molecule has 3 aromatic rings. The SMILES string of the molecule is CC(C)NC(=O)c1c[nH]c2ncc(Oc3ccc4c(c3)C=CC4)nc12. The van der Waals surface area contributed by atoms with E-state index in [4.69, 9.17) is 4.74 Å². The first-order valence-corrected chi connectivity index (χ1v) is 8.22. The molecule has 0 fully saturated rings. The molecule has 1 aliphatic rings. The summed E-state index contributed by atoms with van der Waals surface area (Å²) in [4.78, 5) is 24.0. The van der Waals surface area contributed by atoms with Gasteiger partial charge in [0.1, 0.15) is 11.3 Å². The number of carbonyl (C=O) groups is 1. The van der Waals surface area contributed by atoms with Crippen molar-refractivity contribution >= 4 is 23.1 Å². The van der Waals surface area contributed by atoms with E-state index in [1.54, 1.807) is 12.4 Å². The summed E-state index contributed by atoms with van der Waals surface area (Å²) < 4.78 is 5.84. The molecule has 6 nitrogen and oxygen atoms in total. The molecule has 0 radical (unpaired) electrons. The van der Waals surface area contributed by atoms with E-state index in [1.807, 2.05) is 26.0 Å². The highest BCUT2D eigenvalue weighted by molar-refractivity contribution is 6.04. The lowest BCUT2D eigenvalue weighted by Gasteiger charge is -2.08. The van der Waals surface area contributed by atoms with Gasteiger partial charge in [-0.05, 0) is 43.5 Å². The van der Waals surface area contributed by atoms with Gasteiger partial charge in [-0.2, -0.15) is 0 Å². The van der Waals surface area contributed by atoms with E-state index in [0.717, 1.165) is 12.0 Å². The molecule has 0 atom stereocenters. The van der Waals surface area contributed by atoms with Crippen molar-refractivity contribution in [2.75, 3.05) is 0 Å². The number of hydrogen-bond acceptors (Lipinski definition) is 4. The topological polar surface area (TPSA) is 79.9 Å². The molecule has 4 rings (SSSR count). The third kappa shape index (κ3) is 2.98. The van der Waals surface area contributed by atoms with E-state index in [0.29, 0.717) is 28.4 Å². The highest BCUT2D eigenvalue weighted by Gasteiger charge is 2.16. The third-order valence-corrected chi connectivity index (χ3v) is 4.00. The van der Waals surface area contributed by atoms with Crippen LogP contribution < -0.4 is 10.1 Å². The number of nitrogens with zero attached hydrogens (tertiary/aromatic N) is 2. The molecule has 0 aliphatic heterocycles. The smallest absolute Gasteiger partial charge is 0.255 e. The van der Waals surface area contributed by atoms with Crippen molar-refractivity contribution in [3.63, 3.8) is 0 Å². The Morgan fingerprint density at radius 3 is 3.08 bits per heavy atom. The van der Waals surface area contributed by atoms with Crippen LogP contribution in [-0.2, 0) is 6.42 Å². The van der Waals surface area contributed by atoms with Crippen LogP contribution >= 0.6 is 0 Å². The maximum absolute atomic E-state index is 12.3. The van der Waals surface area contributed by atoms with Crippen molar-refractivity contribution in [2.24, 2.45) is 0 Å². The van der Waals surface area contributed by atoms with E-state index in [2.05, 4.69) is 38.5 Å². The Labute approximate surface area is 145 Å². The summed E-state index contributed by atoms with van der Waals surface area (Å²) in [5, 5.41) is 2.86. The number of allylic oxidation sites excluding steroid dienone is 1. The van der Waals surface area contributed by atoms with Crippen LogP contribution in [-0.4, -0.2) is 26.9 Å². The van der Waals surface area contributed by atoms with Crippen LogP contribution in [0.15, 0.2) is 36.7 Å². The van der Waals surface area contributed by atoms with Gasteiger partial charge < -0.3 is 15.0 Å². The summed E-state index contributed by atoms with van der Waals surface area (Å²) >= 11 is 0. The van der Waals surface area contributed by atoms with E-state index in [-0.39, 0.29) is 11.9 Å². The van der Waals surface area contributed by atoms with Gasteiger partial charge in [-0.1, -0.05) is 18.2 Å². The molecule has 1 amide bonds. The predicted octanol–water partition coefficient (Wildman–Crippen LogP) is 3.46. The standard InChI is InChI=1S/C19H18N4O2/c1-11(2)22-19(24)15-9-20-18-17(15)23-16(10-21-18)25-14-7-6-12-4-3-5-13(12)8-14/h3,5-11H,4H2,1-2H3,(H,20,21)(H,22,24). The molecule has 0 saturated carbocycles.